The molecule has 4 rings (SSSR count). The summed E-state index contributed by atoms with van der Waals surface area (Å²) in [6.07, 6.45) is 5.15. The van der Waals surface area contributed by atoms with Gasteiger partial charge in [0, 0.05) is 38.4 Å². The number of para-hydroxylation sites is 1. The summed E-state index contributed by atoms with van der Waals surface area (Å²) in [5.41, 5.74) is 1.21. The topological polar surface area (TPSA) is 123 Å². The molecule has 2 aromatic heterocycles. The molecule has 1 unspecified atom stereocenters. The highest BCUT2D eigenvalue weighted by Crippen LogP contribution is 2.26. The summed E-state index contributed by atoms with van der Waals surface area (Å²) < 4.78 is 28.8. The lowest BCUT2D eigenvalue weighted by Gasteiger charge is -2.33. The Balaban J connectivity index is 1.42. The van der Waals surface area contributed by atoms with Crippen molar-refractivity contribution in [1.82, 2.24) is 24.2 Å². The molecule has 1 atom stereocenters. The second kappa shape index (κ2) is 12.1. The number of benzene rings is 1. The van der Waals surface area contributed by atoms with Crippen LogP contribution >= 0.6 is 0 Å². The van der Waals surface area contributed by atoms with Crippen molar-refractivity contribution in [2.75, 3.05) is 43.4 Å². The van der Waals surface area contributed by atoms with Crippen LogP contribution in [0.25, 0.3) is 11.0 Å². The number of carbonyl (C=O) groups is 1. The molecule has 1 aliphatic heterocycles. The second-order valence-electron chi connectivity index (χ2n) is 10.7. The van der Waals surface area contributed by atoms with Gasteiger partial charge in [-0.3, -0.25) is 4.79 Å². The zero-order valence-electron chi connectivity index (χ0n) is 22.6. The van der Waals surface area contributed by atoms with Gasteiger partial charge in [0.15, 0.2) is 0 Å². The molecule has 38 heavy (non-hydrogen) atoms. The maximum atomic E-state index is 13.6. The van der Waals surface area contributed by atoms with Crippen LogP contribution in [0.3, 0.4) is 0 Å². The number of aromatic nitrogens is 3. The average Bonchev–Trinajstić information content (AvgIpc) is 3.37. The van der Waals surface area contributed by atoms with E-state index >= 15 is 0 Å². The van der Waals surface area contributed by atoms with Crippen LogP contribution in [0.15, 0.2) is 47.8 Å². The Kier molecular flexibility index (Phi) is 8.88. The number of anilines is 2. The molecule has 0 aliphatic carbocycles. The fourth-order valence-corrected chi connectivity index (χ4v) is 6.78. The minimum Gasteiger partial charge on any atom is -0.375 e. The lowest BCUT2D eigenvalue weighted by molar-refractivity contribution is -0.130. The fourth-order valence-electron chi connectivity index (χ4n) is 4.85. The first-order valence-electron chi connectivity index (χ1n) is 13.3. The molecule has 10 nitrogen and oxygen atoms in total. The van der Waals surface area contributed by atoms with Gasteiger partial charge in [-0.15, -0.1) is 0 Å². The van der Waals surface area contributed by atoms with Crippen LogP contribution in [0.1, 0.15) is 40.5 Å². The van der Waals surface area contributed by atoms with Gasteiger partial charge in [0.25, 0.3) is 0 Å². The molecule has 1 aliphatic rings. The number of carbonyl (C=O) groups excluding carboxylic acids is 1. The van der Waals surface area contributed by atoms with Crippen LogP contribution < -0.4 is 10.6 Å². The maximum Gasteiger partial charge on any atom is 0.245 e. The number of fused-ring (bicyclic) bond motifs is 1. The summed E-state index contributed by atoms with van der Waals surface area (Å²) in [6.45, 7) is 10.2. The van der Waals surface area contributed by atoms with E-state index in [2.05, 4.69) is 25.6 Å². The van der Waals surface area contributed by atoms with E-state index in [1.54, 1.807) is 28.6 Å². The second-order valence-corrected chi connectivity index (χ2v) is 12.7. The van der Waals surface area contributed by atoms with E-state index in [4.69, 9.17) is 0 Å². The average molecular weight is 542 g/mol. The van der Waals surface area contributed by atoms with Crippen molar-refractivity contribution in [3.63, 3.8) is 0 Å². The lowest BCUT2D eigenvalue weighted by atomic mass is 10.1. The SMILES string of the molecule is CC(C)CN(CC(C)C)S(=O)(=O)c1ccccc1NCC(=O)N1CCCC(Nc2ncnc3[nH]ccc23)C1. The zero-order chi connectivity index (χ0) is 27.3. The number of hydrogen-bond acceptors (Lipinski definition) is 7. The first kappa shape index (κ1) is 27.8. The number of nitrogens with zero attached hydrogens (tertiary/aromatic N) is 4. The van der Waals surface area contributed by atoms with E-state index < -0.39 is 10.0 Å². The highest BCUT2D eigenvalue weighted by Gasteiger charge is 2.29. The highest BCUT2D eigenvalue weighted by molar-refractivity contribution is 7.89. The molecule has 0 spiro atoms. The van der Waals surface area contributed by atoms with E-state index in [1.807, 2.05) is 44.9 Å². The third-order valence-corrected chi connectivity index (χ3v) is 8.43. The molecule has 3 N–H and O–H groups in total. The normalized spacial score (nSPS) is 16.5. The molecule has 206 valence electrons. The third kappa shape index (κ3) is 6.63. The monoisotopic (exact) mass is 541 g/mol. The van der Waals surface area contributed by atoms with Gasteiger partial charge in [0.1, 0.15) is 22.7 Å². The van der Waals surface area contributed by atoms with Crippen LogP contribution in [0, 0.1) is 11.8 Å². The van der Waals surface area contributed by atoms with Crippen molar-refractivity contribution < 1.29 is 13.2 Å². The van der Waals surface area contributed by atoms with Crippen molar-refractivity contribution in [2.45, 2.75) is 51.5 Å². The van der Waals surface area contributed by atoms with E-state index in [0.29, 0.717) is 31.9 Å². The minimum atomic E-state index is -3.73. The van der Waals surface area contributed by atoms with Crippen molar-refractivity contribution in [3.8, 4) is 0 Å². The van der Waals surface area contributed by atoms with Crippen molar-refractivity contribution in [2.24, 2.45) is 11.8 Å². The predicted molar refractivity (Wildman–Crippen MR) is 150 cm³/mol. The van der Waals surface area contributed by atoms with Gasteiger partial charge >= 0.3 is 0 Å². The molecule has 1 fully saturated rings. The van der Waals surface area contributed by atoms with E-state index in [9.17, 15) is 13.2 Å². The Labute approximate surface area is 225 Å². The molecule has 0 saturated carbocycles. The van der Waals surface area contributed by atoms with Gasteiger partial charge in [0.2, 0.25) is 15.9 Å². The third-order valence-electron chi connectivity index (χ3n) is 6.54. The van der Waals surface area contributed by atoms with Gasteiger partial charge in [-0.05, 0) is 42.9 Å². The predicted octanol–water partition coefficient (Wildman–Crippen LogP) is 3.78. The summed E-state index contributed by atoms with van der Waals surface area (Å²) >= 11 is 0. The summed E-state index contributed by atoms with van der Waals surface area (Å²) in [6, 6.07) is 8.83. The highest BCUT2D eigenvalue weighted by atomic mass is 32.2. The molecule has 11 heteroatoms. The number of hydrogen-bond donors (Lipinski definition) is 3. The standard InChI is InChI=1S/C27H39N7O3S/c1-19(2)15-34(16-20(3)4)38(36,37)24-10-6-5-9-23(24)29-14-25(35)33-13-7-8-21(17-33)32-27-22-11-12-28-26(22)30-18-31-27/h5-6,9-12,18-21,29H,7-8,13-17H2,1-4H3,(H2,28,30,31,32). The Morgan fingerprint density at radius 3 is 2.61 bits per heavy atom. The van der Waals surface area contributed by atoms with E-state index in [1.165, 1.54) is 6.33 Å². The Hall–Kier alpha value is -3.18. The summed E-state index contributed by atoms with van der Waals surface area (Å²) in [5.74, 6) is 1.07. The number of amides is 1. The molecule has 0 radical (unpaired) electrons. The minimum absolute atomic E-state index is 0.0170. The smallest absolute Gasteiger partial charge is 0.245 e. The van der Waals surface area contributed by atoms with Crippen LogP contribution in [0.5, 0.6) is 0 Å². The summed E-state index contributed by atoms with van der Waals surface area (Å²) in [7, 11) is -3.73. The number of H-pyrrole nitrogens is 1. The molecular weight excluding hydrogens is 502 g/mol. The van der Waals surface area contributed by atoms with Gasteiger partial charge in [-0.25, -0.2) is 18.4 Å². The summed E-state index contributed by atoms with van der Waals surface area (Å²) in [4.78, 5) is 26.9. The van der Waals surface area contributed by atoms with Crippen LogP contribution in [-0.4, -0.2) is 77.2 Å². The lowest BCUT2D eigenvalue weighted by Crippen LogP contribution is -2.47. The summed E-state index contributed by atoms with van der Waals surface area (Å²) in [5, 5.41) is 7.51. The molecule has 1 amide bonds. The largest absolute Gasteiger partial charge is 0.375 e. The maximum absolute atomic E-state index is 13.6. The van der Waals surface area contributed by atoms with E-state index in [0.717, 1.165) is 29.7 Å². The fraction of sp³-hybridized carbons (Fsp3) is 0.519. The molecular formula is C27H39N7O3S. The first-order chi connectivity index (χ1) is 18.1. The number of likely N-dealkylation sites (tertiary alicyclic amines) is 1. The first-order valence-corrected chi connectivity index (χ1v) is 14.7. The molecule has 3 aromatic rings. The molecule has 1 aromatic carbocycles. The number of sulfonamides is 1. The Bertz CT molecular complexity index is 1330. The Morgan fingerprint density at radius 1 is 1.13 bits per heavy atom. The molecule has 0 bridgehead atoms. The van der Waals surface area contributed by atoms with Crippen molar-refractivity contribution in [3.05, 3.63) is 42.9 Å². The number of nitrogens with one attached hydrogen (secondary N) is 3. The Morgan fingerprint density at radius 2 is 1.87 bits per heavy atom. The molecule has 3 heterocycles. The van der Waals surface area contributed by atoms with Gasteiger partial charge in [-0.1, -0.05) is 39.8 Å². The quantitative estimate of drug-likeness (QED) is 0.338. The van der Waals surface area contributed by atoms with E-state index in [-0.39, 0.29) is 35.2 Å². The van der Waals surface area contributed by atoms with Crippen LogP contribution in [0.2, 0.25) is 0 Å². The number of piperidine rings is 1. The van der Waals surface area contributed by atoms with Gasteiger partial charge in [0.05, 0.1) is 17.6 Å². The zero-order valence-corrected chi connectivity index (χ0v) is 23.5. The van der Waals surface area contributed by atoms with Crippen molar-refractivity contribution >= 4 is 38.5 Å². The van der Waals surface area contributed by atoms with Crippen molar-refractivity contribution in [1.29, 1.82) is 0 Å². The number of aromatic amines is 1. The van der Waals surface area contributed by atoms with Crippen LogP contribution in [0.4, 0.5) is 11.5 Å². The van der Waals surface area contributed by atoms with Crippen LogP contribution in [-0.2, 0) is 14.8 Å². The molecule has 1 saturated heterocycles. The van der Waals surface area contributed by atoms with Gasteiger partial charge < -0.3 is 20.5 Å². The van der Waals surface area contributed by atoms with Gasteiger partial charge in [-0.2, -0.15) is 4.31 Å². The number of rotatable bonds is 11.